The summed E-state index contributed by atoms with van der Waals surface area (Å²) in [5.74, 6) is 0.625. The van der Waals surface area contributed by atoms with Crippen LogP contribution in [0.1, 0.15) is 12.1 Å². The largest absolute Gasteiger partial charge is 0.395 e. The first-order valence-electron chi connectivity index (χ1n) is 6.15. The first kappa shape index (κ1) is 12.7. The smallest absolute Gasteiger partial charge is 0.226 e. The zero-order valence-corrected chi connectivity index (χ0v) is 10.3. The molecule has 0 radical (unpaired) electrons. The van der Waals surface area contributed by atoms with E-state index in [0.29, 0.717) is 18.2 Å². The molecule has 0 spiro atoms. The lowest BCUT2D eigenvalue weighted by Crippen LogP contribution is -2.33. The molecule has 1 saturated heterocycles. The number of nitrogens with zero attached hydrogens (tertiary/aromatic N) is 5. The number of aliphatic hydroxyl groups is 1. The molecule has 0 aromatic carbocycles. The zero-order chi connectivity index (χ0) is 12.8. The van der Waals surface area contributed by atoms with Gasteiger partial charge >= 0.3 is 0 Å². The van der Waals surface area contributed by atoms with Crippen LogP contribution in [0.25, 0.3) is 0 Å². The third kappa shape index (κ3) is 3.15. The second kappa shape index (κ2) is 6.28. The SMILES string of the molecule is N#Cc1ccnc(N2CCCN(CCO)CC2)n1. The van der Waals surface area contributed by atoms with Gasteiger partial charge in [0, 0.05) is 32.4 Å². The molecule has 18 heavy (non-hydrogen) atoms. The highest BCUT2D eigenvalue weighted by atomic mass is 16.3. The summed E-state index contributed by atoms with van der Waals surface area (Å²) in [5, 5.41) is 17.8. The highest BCUT2D eigenvalue weighted by Gasteiger charge is 2.16. The molecule has 1 aliphatic rings. The van der Waals surface area contributed by atoms with Crippen molar-refractivity contribution in [1.29, 1.82) is 5.26 Å². The van der Waals surface area contributed by atoms with Gasteiger partial charge in [0.1, 0.15) is 11.8 Å². The topological polar surface area (TPSA) is 76.3 Å². The van der Waals surface area contributed by atoms with Crippen LogP contribution in [-0.2, 0) is 0 Å². The van der Waals surface area contributed by atoms with Crippen molar-refractivity contribution >= 4 is 5.95 Å². The molecule has 0 aliphatic carbocycles. The average molecular weight is 247 g/mol. The fourth-order valence-corrected chi connectivity index (χ4v) is 2.10. The molecule has 0 saturated carbocycles. The minimum absolute atomic E-state index is 0.195. The zero-order valence-electron chi connectivity index (χ0n) is 10.3. The first-order chi connectivity index (χ1) is 8.83. The number of hydrogen-bond donors (Lipinski definition) is 1. The molecule has 1 aliphatic heterocycles. The van der Waals surface area contributed by atoms with E-state index < -0.39 is 0 Å². The Morgan fingerprint density at radius 1 is 1.33 bits per heavy atom. The number of anilines is 1. The van der Waals surface area contributed by atoms with Crippen molar-refractivity contribution in [1.82, 2.24) is 14.9 Å². The van der Waals surface area contributed by atoms with Crippen LogP contribution in [0.15, 0.2) is 12.3 Å². The summed E-state index contributed by atoms with van der Waals surface area (Å²) >= 11 is 0. The fourth-order valence-electron chi connectivity index (χ4n) is 2.10. The van der Waals surface area contributed by atoms with Crippen molar-refractivity contribution in [2.24, 2.45) is 0 Å². The molecule has 0 amide bonds. The van der Waals surface area contributed by atoms with E-state index in [-0.39, 0.29) is 6.61 Å². The number of nitriles is 1. The van der Waals surface area contributed by atoms with Gasteiger partial charge in [-0.15, -0.1) is 0 Å². The number of aromatic nitrogens is 2. The Balaban J connectivity index is 2.03. The second-order valence-corrected chi connectivity index (χ2v) is 4.26. The summed E-state index contributed by atoms with van der Waals surface area (Å²) in [6, 6.07) is 3.64. The Morgan fingerprint density at radius 2 is 2.22 bits per heavy atom. The lowest BCUT2D eigenvalue weighted by atomic mass is 10.4. The summed E-state index contributed by atoms with van der Waals surface area (Å²) in [6.45, 7) is 4.49. The van der Waals surface area contributed by atoms with E-state index in [1.807, 2.05) is 6.07 Å². The van der Waals surface area contributed by atoms with E-state index in [1.54, 1.807) is 12.3 Å². The van der Waals surface area contributed by atoms with Gasteiger partial charge in [-0.3, -0.25) is 4.90 Å². The standard InChI is InChI=1S/C12H17N5O/c13-10-11-2-3-14-12(15-11)17-5-1-4-16(6-7-17)8-9-18/h2-3,18H,1,4-9H2. The molecule has 96 valence electrons. The van der Waals surface area contributed by atoms with Gasteiger partial charge < -0.3 is 10.0 Å². The molecular formula is C12H17N5O. The van der Waals surface area contributed by atoms with Gasteiger partial charge in [0.2, 0.25) is 5.95 Å². The molecule has 1 N–H and O–H groups in total. The van der Waals surface area contributed by atoms with Crippen LogP contribution in [0.5, 0.6) is 0 Å². The Bertz CT molecular complexity index is 431. The van der Waals surface area contributed by atoms with E-state index in [4.69, 9.17) is 10.4 Å². The van der Waals surface area contributed by atoms with E-state index in [0.717, 1.165) is 32.6 Å². The van der Waals surface area contributed by atoms with E-state index >= 15 is 0 Å². The number of rotatable bonds is 3. The molecule has 1 fully saturated rings. The Morgan fingerprint density at radius 3 is 3.00 bits per heavy atom. The number of β-amino-alcohol motifs (C(OH)–C–C–N with tert-alkyl or cyclic N) is 1. The highest BCUT2D eigenvalue weighted by Crippen LogP contribution is 2.11. The van der Waals surface area contributed by atoms with Gasteiger partial charge in [-0.2, -0.15) is 5.26 Å². The van der Waals surface area contributed by atoms with E-state index in [2.05, 4.69) is 19.8 Å². The quantitative estimate of drug-likeness (QED) is 0.800. The third-order valence-corrected chi connectivity index (χ3v) is 3.04. The van der Waals surface area contributed by atoms with Crippen LogP contribution in [0.3, 0.4) is 0 Å². The number of hydrogen-bond acceptors (Lipinski definition) is 6. The Kier molecular flexibility index (Phi) is 4.45. The predicted molar refractivity (Wildman–Crippen MR) is 67.1 cm³/mol. The summed E-state index contributed by atoms with van der Waals surface area (Å²) < 4.78 is 0. The first-order valence-corrected chi connectivity index (χ1v) is 6.15. The summed E-state index contributed by atoms with van der Waals surface area (Å²) in [4.78, 5) is 12.8. The minimum atomic E-state index is 0.195. The predicted octanol–water partition coefficient (Wildman–Crippen LogP) is -0.147. The molecule has 2 rings (SSSR count). The van der Waals surface area contributed by atoms with Crippen molar-refractivity contribution in [3.8, 4) is 6.07 Å². The lowest BCUT2D eigenvalue weighted by Gasteiger charge is -2.21. The van der Waals surface area contributed by atoms with Crippen molar-refractivity contribution < 1.29 is 5.11 Å². The van der Waals surface area contributed by atoms with Crippen LogP contribution in [0, 0.1) is 11.3 Å². The van der Waals surface area contributed by atoms with Gasteiger partial charge in [-0.05, 0) is 19.0 Å². The van der Waals surface area contributed by atoms with Crippen LogP contribution < -0.4 is 4.90 Å². The van der Waals surface area contributed by atoms with Gasteiger partial charge in [0.25, 0.3) is 0 Å². The van der Waals surface area contributed by atoms with Gasteiger partial charge in [0.05, 0.1) is 6.61 Å². The van der Waals surface area contributed by atoms with Crippen LogP contribution in [-0.4, -0.2) is 59.3 Å². The normalized spacial score (nSPS) is 17.2. The molecule has 1 aromatic heterocycles. The number of aliphatic hydroxyl groups excluding tert-OH is 1. The maximum absolute atomic E-state index is 8.95. The van der Waals surface area contributed by atoms with Gasteiger partial charge in [0.15, 0.2) is 0 Å². The fraction of sp³-hybridized carbons (Fsp3) is 0.583. The van der Waals surface area contributed by atoms with Crippen LogP contribution in [0.4, 0.5) is 5.95 Å². The van der Waals surface area contributed by atoms with Crippen molar-refractivity contribution in [2.75, 3.05) is 44.2 Å². The third-order valence-electron chi connectivity index (χ3n) is 3.04. The monoisotopic (exact) mass is 247 g/mol. The molecule has 0 bridgehead atoms. The summed E-state index contributed by atoms with van der Waals surface area (Å²) in [5.41, 5.74) is 0.400. The van der Waals surface area contributed by atoms with Crippen LogP contribution >= 0.6 is 0 Å². The maximum atomic E-state index is 8.95. The van der Waals surface area contributed by atoms with Crippen molar-refractivity contribution in [3.05, 3.63) is 18.0 Å². The van der Waals surface area contributed by atoms with Crippen molar-refractivity contribution in [3.63, 3.8) is 0 Å². The van der Waals surface area contributed by atoms with E-state index in [1.165, 1.54) is 0 Å². The Hall–Kier alpha value is -1.71. The lowest BCUT2D eigenvalue weighted by molar-refractivity contribution is 0.204. The van der Waals surface area contributed by atoms with Crippen LogP contribution in [0.2, 0.25) is 0 Å². The molecule has 6 heteroatoms. The van der Waals surface area contributed by atoms with Gasteiger partial charge in [-0.25, -0.2) is 9.97 Å². The van der Waals surface area contributed by atoms with Crippen molar-refractivity contribution in [2.45, 2.75) is 6.42 Å². The van der Waals surface area contributed by atoms with Gasteiger partial charge in [-0.1, -0.05) is 0 Å². The molecular weight excluding hydrogens is 230 g/mol. The molecule has 1 aromatic rings. The second-order valence-electron chi connectivity index (χ2n) is 4.26. The highest BCUT2D eigenvalue weighted by molar-refractivity contribution is 5.33. The molecule has 0 atom stereocenters. The molecule has 0 unspecified atom stereocenters. The molecule has 6 nitrogen and oxygen atoms in total. The summed E-state index contributed by atoms with van der Waals surface area (Å²) in [6.07, 6.45) is 2.64. The minimum Gasteiger partial charge on any atom is -0.395 e. The Labute approximate surface area is 106 Å². The maximum Gasteiger partial charge on any atom is 0.226 e. The molecule has 2 heterocycles. The average Bonchev–Trinajstić information content (AvgIpc) is 2.65. The van der Waals surface area contributed by atoms with E-state index in [9.17, 15) is 0 Å². The summed E-state index contributed by atoms with van der Waals surface area (Å²) in [7, 11) is 0.